The lowest BCUT2D eigenvalue weighted by molar-refractivity contribution is 0.844. The molecule has 2 heteroatoms. The van der Waals surface area contributed by atoms with Crippen molar-refractivity contribution in [1.82, 2.24) is 9.97 Å². The highest BCUT2D eigenvalue weighted by atomic mass is 14.8. The third-order valence-electron chi connectivity index (χ3n) is 1.21. The second-order valence-corrected chi connectivity index (χ2v) is 2.27. The summed E-state index contributed by atoms with van der Waals surface area (Å²) < 4.78 is 0. The van der Waals surface area contributed by atoms with Gasteiger partial charge in [0, 0.05) is 12.4 Å². The molecule has 0 aliphatic carbocycles. The SMILES string of the molecule is CC(C)c1cn[c]nc1. The van der Waals surface area contributed by atoms with Gasteiger partial charge in [-0.15, -0.1) is 0 Å². The van der Waals surface area contributed by atoms with E-state index in [0.29, 0.717) is 5.92 Å². The average molecular weight is 121 g/mol. The van der Waals surface area contributed by atoms with Gasteiger partial charge in [0.2, 0.25) is 0 Å². The van der Waals surface area contributed by atoms with Gasteiger partial charge in [-0.05, 0) is 11.5 Å². The van der Waals surface area contributed by atoms with E-state index < -0.39 is 0 Å². The highest BCUT2D eigenvalue weighted by molar-refractivity contribution is 5.06. The summed E-state index contributed by atoms with van der Waals surface area (Å²) in [4.78, 5) is 7.54. The fourth-order valence-corrected chi connectivity index (χ4v) is 0.572. The second kappa shape index (κ2) is 2.58. The van der Waals surface area contributed by atoms with Crippen molar-refractivity contribution in [2.45, 2.75) is 19.8 Å². The molecule has 1 rings (SSSR count). The first kappa shape index (κ1) is 6.20. The van der Waals surface area contributed by atoms with Crippen molar-refractivity contribution in [2.75, 3.05) is 0 Å². The van der Waals surface area contributed by atoms with Gasteiger partial charge >= 0.3 is 0 Å². The van der Waals surface area contributed by atoms with Crippen LogP contribution in [0.1, 0.15) is 25.3 Å². The van der Waals surface area contributed by atoms with E-state index in [1.54, 1.807) is 12.4 Å². The summed E-state index contributed by atoms with van der Waals surface area (Å²) >= 11 is 0. The van der Waals surface area contributed by atoms with Crippen molar-refractivity contribution in [3.05, 3.63) is 24.3 Å². The summed E-state index contributed by atoms with van der Waals surface area (Å²) in [7, 11) is 0. The Labute approximate surface area is 55.0 Å². The van der Waals surface area contributed by atoms with E-state index in [4.69, 9.17) is 0 Å². The van der Waals surface area contributed by atoms with Gasteiger partial charge in [0.1, 0.15) is 0 Å². The van der Waals surface area contributed by atoms with E-state index in [1.807, 2.05) is 0 Å². The third-order valence-corrected chi connectivity index (χ3v) is 1.21. The Morgan fingerprint density at radius 3 is 2.22 bits per heavy atom. The smallest absolute Gasteiger partial charge is 0.197 e. The molecule has 0 aliphatic heterocycles. The van der Waals surface area contributed by atoms with Crippen LogP contribution in [0.4, 0.5) is 0 Å². The van der Waals surface area contributed by atoms with Crippen LogP contribution in [0, 0.1) is 6.33 Å². The molecule has 1 heterocycles. The van der Waals surface area contributed by atoms with E-state index in [9.17, 15) is 0 Å². The van der Waals surface area contributed by atoms with Crippen LogP contribution >= 0.6 is 0 Å². The third kappa shape index (κ3) is 1.49. The summed E-state index contributed by atoms with van der Waals surface area (Å²) in [6.45, 7) is 4.22. The van der Waals surface area contributed by atoms with Gasteiger partial charge in [-0.3, -0.25) is 0 Å². The van der Waals surface area contributed by atoms with Gasteiger partial charge in [-0.2, -0.15) is 0 Å². The molecule has 0 amide bonds. The number of hydrogen-bond donors (Lipinski definition) is 0. The molecule has 0 saturated carbocycles. The fraction of sp³-hybridized carbons (Fsp3) is 0.429. The molecule has 0 N–H and O–H groups in total. The molecule has 2 nitrogen and oxygen atoms in total. The van der Waals surface area contributed by atoms with Crippen LogP contribution in [0.15, 0.2) is 12.4 Å². The minimum absolute atomic E-state index is 0.514. The molecule has 0 aromatic carbocycles. The molecular formula is C7H9N2. The number of hydrogen-bond acceptors (Lipinski definition) is 2. The standard InChI is InChI=1S/C7H9N2/c1-6(2)7-3-8-5-9-4-7/h3-4,6H,1-2H3. The summed E-state index contributed by atoms with van der Waals surface area (Å²) in [5.74, 6) is 0.514. The van der Waals surface area contributed by atoms with Crippen molar-refractivity contribution in [3.8, 4) is 0 Å². The Kier molecular flexibility index (Phi) is 1.78. The van der Waals surface area contributed by atoms with E-state index in [-0.39, 0.29) is 0 Å². The Morgan fingerprint density at radius 2 is 1.89 bits per heavy atom. The molecule has 9 heavy (non-hydrogen) atoms. The largest absolute Gasteiger partial charge is 0.233 e. The highest BCUT2D eigenvalue weighted by Gasteiger charge is 1.95. The van der Waals surface area contributed by atoms with Gasteiger partial charge in [0.15, 0.2) is 6.33 Å². The molecule has 0 saturated heterocycles. The second-order valence-electron chi connectivity index (χ2n) is 2.27. The molecular weight excluding hydrogens is 112 g/mol. The zero-order valence-corrected chi connectivity index (χ0v) is 5.63. The quantitative estimate of drug-likeness (QED) is 0.561. The summed E-state index contributed by atoms with van der Waals surface area (Å²) in [6, 6.07) is 0. The van der Waals surface area contributed by atoms with Gasteiger partial charge < -0.3 is 0 Å². The minimum atomic E-state index is 0.514. The zero-order valence-electron chi connectivity index (χ0n) is 5.63. The van der Waals surface area contributed by atoms with Crippen LogP contribution in [0.5, 0.6) is 0 Å². The van der Waals surface area contributed by atoms with Crippen molar-refractivity contribution in [3.63, 3.8) is 0 Å². The van der Waals surface area contributed by atoms with Gasteiger partial charge in [-0.25, -0.2) is 9.97 Å². The Bertz CT molecular complexity index is 170. The van der Waals surface area contributed by atoms with Crippen molar-refractivity contribution < 1.29 is 0 Å². The molecule has 0 unspecified atom stereocenters. The Morgan fingerprint density at radius 1 is 1.33 bits per heavy atom. The maximum atomic E-state index is 3.77. The molecule has 0 fully saturated rings. The van der Waals surface area contributed by atoms with Crippen LogP contribution < -0.4 is 0 Å². The van der Waals surface area contributed by atoms with Crippen molar-refractivity contribution in [2.24, 2.45) is 0 Å². The minimum Gasteiger partial charge on any atom is -0.233 e. The maximum Gasteiger partial charge on any atom is 0.197 e. The van der Waals surface area contributed by atoms with Crippen molar-refractivity contribution >= 4 is 0 Å². The number of rotatable bonds is 1. The lowest BCUT2D eigenvalue weighted by Crippen LogP contribution is -1.88. The van der Waals surface area contributed by atoms with Crippen LogP contribution in [-0.2, 0) is 0 Å². The molecule has 0 spiro atoms. The molecule has 1 aromatic heterocycles. The molecule has 0 aliphatic rings. The van der Waals surface area contributed by atoms with Crippen LogP contribution in [-0.4, -0.2) is 9.97 Å². The first-order valence-corrected chi connectivity index (χ1v) is 2.98. The molecule has 1 aromatic rings. The number of nitrogens with zero attached hydrogens (tertiary/aromatic N) is 2. The average Bonchev–Trinajstić information content (AvgIpc) is 1.90. The van der Waals surface area contributed by atoms with Gasteiger partial charge in [-0.1, -0.05) is 13.8 Å². The lowest BCUT2D eigenvalue weighted by atomic mass is 10.1. The van der Waals surface area contributed by atoms with E-state index in [0.717, 1.165) is 5.56 Å². The summed E-state index contributed by atoms with van der Waals surface area (Å²) in [6.07, 6.45) is 6.07. The maximum absolute atomic E-state index is 3.77. The predicted molar refractivity (Wildman–Crippen MR) is 35.0 cm³/mol. The number of aromatic nitrogens is 2. The van der Waals surface area contributed by atoms with Gasteiger partial charge in [0.25, 0.3) is 0 Å². The summed E-state index contributed by atoms with van der Waals surface area (Å²) in [5, 5.41) is 0. The molecule has 47 valence electrons. The lowest BCUT2D eigenvalue weighted by Gasteiger charge is -1.99. The zero-order chi connectivity index (χ0) is 6.69. The first-order chi connectivity index (χ1) is 4.30. The molecule has 0 bridgehead atoms. The van der Waals surface area contributed by atoms with E-state index >= 15 is 0 Å². The fourth-order valence-electron chi connectivity index (χ4n) is 0.572. The summed E-state index contributed by atoms with van der Waals surface area (Å²) in [5.41, 5.74) is 1.16. The van der Waals surface area contributed by atoms with E-state index in [2.05, 4.69) is 30.1 Å². The van der Waals surface area contributed by atoms with Crippen LogP contribution in [0.25, 0.3) is 0 Å². The highest BCUT2D eigenvalue weighted by Crippen LogP contribution is 2.08. The topological polar surface area (TPSA) is 25.8 Å². The molecule has 0 atom stereocenters. The normalized spacial score (nSPS) is 10.1. The predicted octanol–water partition coefficient (Wildman–Crippen LogP) is 1.40. The first-order valence-electron chi connectivity index (χ1n) is 2.98. The Hall–Kier alpha value is -0.920. The van der Waals surface area contributed by atoms with Crippen molar-refractivity contribution in [1.29, 1.82) is 0 Å². The van der Waals surface area contributed by atoms with Crippen LogP contribution in [0.3, 0.4) is 0 Å². The van der Waals surface area contributed by atoms with Crippen LogP contribution in [0.2, 0.25) is 0 Å². The Balaban J connectivity index is 2.85. The van der Waals surface area contributed by atoms with E-state index in [1.165, 1.54) is 0 Å². The van der Waals surface area contributed by atoms with Gasteiger partial charge in [0.05, 0.1) is 0 Å². The monoisotopic (exact) mass is 121 g/mol. The molecule has 1 radical (unpaired) electrons.